The SMILES string of the molecule is CC(C)COC(NC(=O)OCc1ccccc1)C(=O)O. The van der Waals surface area contributed by atoms with E-state index >= 15 is 0 Å². The van der Waals surface area contributed by atoms with E-state index in [1.54, 1.807) is 12.1 Å². The Labute approximate surface area is 117 Å². The van der Waals surface area contributed by atoms with Crippen molar-refractivity contribution in [1.29, 1.82) is 0 Å². The molecule has 6 heteroatoms. The number of alkyl carbamates (subject to hydrolysis) is 1. The predicted molar refractivity (Wildman–Crippen MR) is 72.0 cm³/mol. The van der Waals surface area contributed by atoms with Crippen molar-refractivity contribution in [2.75, 3.05) is 6.61 Å². The molecule has 0 aliphatic rings. The lowest BCUT2D eigenvalue weighted by molar-refractivity contribution is -0.153. The van der Waals surface area contributed by atoms with Gasteiger partial charge in [0, 0.05) is 0 Å². The number of aliphatic carboxylic acids is 1. The van der Waals surface area contributed by atoms with Crippen molar-refractivity contribution in [1.82, 2.24) is 5.32 Å². The number of benzene rings is 1. The number of carbonyl (C=O) groups is 2. The maximum atomic E-state index is 11.5. The molecule has 20 heavy (non-hydrogen) atoms. The van der Waals surface area contributed by atoms with Crippen LogP contribution in [0.15, 0.2) is 30.3 Å². The zero-order valence-corrected chi connectivity index (χ0v) is 11.5. The van der Waals surface area contributed by atoms with Crippen molar-refractivity contribution in [3.05, 3.63) is 35.9 Å². The summed E-state index contributed by atoms with van der Waals surface area (Å²) in [5, 5.41) is 11.1. The molecule has 0 saturated heterocycles. The van der Waals surface area contributed by atoms with Gasteiger partial charge in [0.15, 0.2) is 0 Å². The van der Waals surface area contributed by atoms with Gasteiger partial charge in [-0.25, -0.2) is 9.59 Å². The highest BCUT2D eigenvalue weighted by Crippen LogP contribution is 2.02. The zero-order valence-electron chi connectivity index (χ0n) is 11.5. The van der Waals surface area contributed by atoms with Crippen LogP contribution in [0, 0.1) is 5.92 Å². The van der Waals surface area contributed by atoms with Gasteiger partial charge in [-0.3, -0.25) is 5.32 Å². The lowest BCUT2D eigenvalue weighted by Crippen LogP contribution is -2.43. The highest BCUT2D eigenvalue weighted by molar-refractivity contribution is 5.78. The van der Waals surface area contributed by atoms with Crippen LogP contribution in [0.4, 0.5) is 4.79 Å². The van der Waals surface area contributed by atoms with Gasteiger partial charge >= 0.3 is 12.1 Å². The summed E-state index contributed by atoms with van der Waals surface area (Å²) in [5.74, 6) is -1.10. The molecule has 0 bridgehead atoms. The fraction of sp³-hybridized carbons (Fsp3) is 0.429. The van der Waals surface area contributed by atoms with Crippen LogP contribution in [0.1, 0.15) is 19.4 Å². The molecule has 0 aromatic heterocycles. The van der Waals surface area contributed by atoms with Crippen LogP contribution in [0.3, 0.4) is 0 Å². The van der Waals surface area contributed by atoms with E-state index in [1.807, 2.05) is 32.0 Å². The molecule has 1 rings (SSSR count). The highest BCUT2D eigenvalue weighted by atomic mass is 16.6. The Morgan fingerprint density at radius 2 is 1.90 bits per heavy atom. The molecule has 0 fully saturated rings. The van der Waals surface area contributed by atoms with Crippen molar-refractivity contribution in [2.45, 2.75) is 26.7 Å². The lowest BCUT2D eigenvalue weighted by Gasteiger charge is -2.16. The Morgan fingerprint density at radius 3 is 2.45 bits per heavy atom. The zero-order chi connectivity index (χ0) is 15.0. The summed E-state index contributed by atoms with van der Waals surface area (Å²) in [6, 6.07) is 9.10. The molecule has 6 nitrogen and oxygen atoms in total. The minimum absolute atomic E-state index is 0.0726. The van der Waals surface area contributed by atoms with E-state index in [9.17, 15) is 9.59 Å². The van der Waals surface area contributed by atoms with E-state index in [0.717, 1.165) is 5.56 Å². The molecule has 1 aromatic rings. The fourth-order valence-corrected chi connectivity index (χ4v) is 1.34. The average Bonchev–Trinajstić information content (AvgIpc) is 2.41. The topological polar surface area (TPSA) is 84.9 Å². The molecule has 1 aromatic carbocycles. The largest absolute Gasteiger partial charge is 0.478 e. The Morgan fingerprint density at radius 1 is 1.25 bits per heavy atom. The van der Waals surface area contributed by atoms with Crippen LogP contribution >= 0.6 is 0 Å². The van der Waals surface area contributed by atoms with E-state index in [4.69, 9.17) is 14.6 Å². The predicted octanol–water partition coefficient (Wildman–Crippen LogP) is 2.00. The standard InChI is InChI=1S/C14H19NO5/c1-10(2)8-19-12(13(16)17)15-14(18)20-9-11-6-4-3-5-7-11/h3-7,10,12H,8-9H2,1-2H3,(H,15,18)(H,16,17). The Hall–Kier alpha value is -2.08. The Balaban J connectivity index is 2.40. The second-order valence-electron chi connectivity index (χ2n) is 4.65. The van der Waals surface area contributed by atoms with Gasteiger partial charge in [0.05, 0.1) is 6.61 Å². The summed E-state index contributed by atoms with van der Waals surface area (Å²) < 4.78 is 10.00. The van der Waals surface area contributed by atoms with Gasteiger partial charge in [0.25, 0.3) is 0 Å². The minimum Gasteiger partial charge on any atom is -0.478 e. The summed E-state index contributed by atoms with van der Waals surface area (Å²) >= 11 is 0. The second kappa shape index (κ2) is 8.16. The van der Waals surface area contributed by atoms with E-state index in [-0.39, 0.29) is 19.1 Å². The Kier molecular flexibility index (Phi) is 6.52. The molecule has 0 spiro atoms. The van der Waals surface area contributed by atoms with E-state index in [1.165, 1.54) is 0 Å². The molecular formula is C14H19NO5. The van der Waals surface area contributed by atoms with Crippen molar-refractivity contribution in [3.8, 4) is 0 Å². The van der Waals surface area contributed by atoms with Gasteiger partial charge in [0.2, 0.25) is 6.23 Å². The van der Waals surface area contributed by atoms with Gasteiger partial charge in [-0.15, -0.1) is 0 Å². The van der Waals surface area contributed by atoms with Crippen molar-refractivity contribution in [3.63, 3.8) is 0 Å². The molecular weight excluding hydrogens is 262 g/mol. The van der Waals surface area contributed by atoms with Crippen LogP contribution in [0.25, 0.3) is 0 Å². The van der Waals surface area contributed by atoms with Gasteiger partial charge in [0.1, 0.15) is 6.61 Å². The monoisotopic (exact) mass is 281 g/mol. The Bertz CT molecular complexity index is 432. The number of hydrogen-bond acceptors (Lipinski definition) is 4. The normalized spacial score (nSPS) is 11.9. The molecule has 110 valence electrons. The molecule has 0 aliphatic heterocycles. The number of carbonyl (C=O) groups excluding carboxylic acids is 1. The summed E-state index contributed by atoms with van der Waals surface area (Å²) in [4.78, 5) is 22.4. The number of carboxylic acid groups (broad SMARTS) is 1. The molecule has 1 unspecified atom stereocenters. The van der Waals surface area contributed by atoms with Crippen molar-refractivity contribution < 1.29 is 24.2 Å². The van der Waals surface area contributed by atoms with Gasteiger partial charge in [-0.2, -0.15) is 0 Å². The molecule has 1 amide bonds. The third kappa shape index (κ3) is 6.19. The molecule has 1 atom stereocenters. The van der Waals surface area contributed by atoms with Crippen LogP contribution in [0.2, 0.25) is 0 Å². The third-order valence-corrected chi connectivity index (χ3v) is 2.28. The first-order valence-corrected chi connectivity index (χ1v) is 6.30. The van der Waals surface area contributed by atoms with Gasteiger partial charge < -0.3 is 14.6 Å². The van der Waals surface area contributed by atoms with Crippen molar-refractivity contribution >= 4 is 12.1 Å². The number of ether oxygens (including phenoxy) is 2. The van der Waals surface area contributed by atoms with Gasteiger partial charge in [-0.05, 0) is 11.5 Å². The highest BCUT2D eigenvalue weighted by Gasteiger charge is 2.21. The average molecular weight is 281 g/mol. The quantitative estimate of drug-likeness (QED) is 0.747. The smallest absolute Gasteiger partial charge is 0.409 e. The number of rotatable bonds is 7. The van der Waals surface area contributed by atoms with E-state index in [2.05, 4.69) is 5.32 Å². The number of hydrogen-bond donors (Lipinski definition) is 2. The first-order valence-electron chi connectivity index (χ1n) is 6.30. The van der Waals surface area contributed by atoms with E-state index in [0.29, 0.717) is 0 Å². The molecule has 0 radical (unpaired) electrons. The maximum Gasteiger partial charge on any atom is 0.409 e. The second-order valence-corrected chi connectivity index (χ2v) is 4.65. The van der Waals surface area contributed by atoms with E-state index < -0.39 is 18.3 Å². The van der Waals surface area contributed by atoms with Crippen LogP contribution in [0.5, 0.6) is 0 Å². The fourth-order valence-electron chi connectivity index (χ4n) is 1.34. The van der Waals surface area contributed by atoms with Crippen LogP contribution in [-0.4, -0.2) is 30.0 Å². The summed E-state index contributed by atoms with van der Waals surface area (Å²) in [5.41, 5.74) is 0.817. The molecule has 0 saturated carbocycles. The first kappa shape index (κ1) is 16.0. The maximum absolute atomic E-state index is 11.5. The molecule has 0 aliphatic carbocycles. The molecule has 0 heterocycles. The minimum atomic E-state index is -1.40. The number of carboxylic acids is 1. The summed E-state index contributed by atoms with van der Waals surface area (Å²) in [6.45, 7) is 4.07. The van der Waals surface area contributed by atoms with Crippen molar-refractivity contribution in [2.24, 2.45) is 5.92 Å². The van der Waals surface area contributed by atoms with Gasteiger partial charge in [-0.1, -0.05) is 44.2 Å². The summed E-state index contributed by atoms with van der Waals surface area (Å²) in [6.07, 6.45) is -2.23. The number of amides is 1. The van der Waals surface area contributed by atoms with Crippen LogP contribution < -0.4 is 5.32 Å². The first-order chi connectivity index (χ1) is 9.49. The number of nitrogens with one attached hydrogen (secondary N) is 1. The molecule has 2 N–H and O–H groups in total. The third-order valence-electron chi connectivity index (χ3n) is 2.28. The summed E-state index contributed by atoms with van der Waals surface area (Å²) in [7, 11) is 0. The lowest BCUT2D eigenvalue weighted by atomic mass is 10.2. The van der Waals surface area contributed by atoms with Crippen LogP contribution in [-0.2, 0) is 20.9 Å².